The molecule has 0 aliphatic carbocycles. The molecule has 9 rings (SSSR count). The molecule has 0 aliphatic rings. The molecule has 9 aromatic rings. The van der Waals surface area contributed by atoms with Gasteiger partial charge in [0, 0.05) is 68.8 Å². The molecule has 2 heterocycles. The van der Waals surface area contributed by atoms with Gasteiger partial charge in [-0.25, -0.2) is 4.98 Å². The van der Waals surface area contributed by atoms with Crippen LogP contribution in [0.3, 0.4) is 0 Å². The molecule has 0 fully saturated rings. The summed E-state index contributed by atoms with van der Waals surface area (Å²) >= 11 is 0. The van der Waals surface area contributed by atoms with Crippen molar-refractivity contribution in [2.75, 3.05) is 0 Å². The zero-order chi connectivity index (χ0) is 65.9. The van der Waals surface area contributed by atoms with Gasteiger partial charge in [0.2, 0.25) is 0 Å². The Hall–Kier alpha value is -6.13. The van der Waals surface area contributed by atoms with Crippen LogP contribution in [0, 0.1) is 13.0 Å². The summed E-state index contributed by atoms with van der Waals surface area (Å²) in [6.07, 6.45) is 1.68. The van der Waals surface area contributed by atoms with Crippen LogP contribution in [0.4, 0.5) is 0 Å². The quantitative estimate of drug-likeness (QED) is 0.122. The first-order valence-corrected chi connectivity index (χ1v) is 26.2. The van der Waals surface area contributed by atoms with Crippen molar-refractivity contribution in [2.45, 2.75) is 105 Å². The largest absolute Gasteiger partial charge is 0.507 e. The standard InChI is InChI=1S/C64H66N3OSi.Pt/c1-41-35-50(69(11,12)13)30-31-51(41)44-27-25-42(26-28-44)45-33-34-65-56(37-45)47-22-17-21-46(36-47)52-23-18-24-58-59(52)66-61(54-39-49(63(5,6)7)40-55(60(54)68)64(8,9)10)67(58)57-32-29-48(62(2,3)4)38-53(57)43-19-15-14-16-20-43;/h14-35,37-40,68H,1-13H3;/q-1;/i5D3,6D3,7D3,8D3,9D3,10D3,39D,40D;. The Morgan fingerprint density at radius 3 is 1.97 bits per heavy atom. The van der Waals surface area contributed by atoms with Crippen molar-refractivity contribution in [3.05, 3.63) is 186 Å². The topological polar surface area (TPSA) is 50.9 Å². The second-order valence-corrected chi connectivity index (χ2v) is 24.9. The number of rotatable bonds is 8. The molecule has 0 amide bonds. The number of phenols is 1. The number of pyridine rings is 1. The average molecular weight is 1140 g/mol. The van der Waals surface area contributed by atoms with Crippen molar-refractivity contribution >= 4 is 24.3 Å². The van der Waals surface area contributed by atoms with Crippen molar-refractivity contribution in [3.63, 3.8) is 0 Å². The first kappa shape index (κ1) is 30.6. The van der Waals surface area contributed by atoms with Crippen LogP contribution in [0.25, 0.3) is 83.9 Å². The second-order valence-electron chi connectivity index (χ2n) is 19.8. The molecule has 358 valence electrons. The zero-order valence-corrected chi connectivity index (χ0v) is 43.2. The molecule has 0 aliphatic heterocycles. The van der Waals surface area contributed by atoms with Crippen LogP contribution in [-0.4, -0.2) is 27.7 Å². The fourth-order valence-electron chi connectivity index (χ4n) is 8.75. The Morgan fingerprint density at radius 2 is 1.29 bits per heavy atom. The Labute approximate surface area is 460 Å². The fourth-order valence-corrected chi connectivity index (χ4v) is 9.98. The summed E-state index contributed by atoms with van der Waals surface area (Å²) in [5.41, 5.74) is -5.07. The molecule has 0 saturated carbocycles. The van der Waals surface area contributed by atoms with E-state index in [0.717, 1.165) is 27.8 Å². The first-order chi connectivity index (χ1) is 40.9. The van der Waals surface area contributed by atoms with Crippen LogP contribution in [0.2, 0.25) is 19.6 Å². The van der Waals surface area contributed by atoms with Gasteiger partial charge in [-0.2, -0.15) is 0 Å². The van der Waals surface area contributed by atoms with Crippen molar-refractivity contribution in [2.24, 2.45) is 0 Å². The molecular weight excluding hydrogens is 1050 g/mol. The van der Waals surface area contributed by atoms with Crippen molar-refractivity contribution in [1.82, 2.24) is 14.5 Å². The van der Waals surface area contributed by atoms with Crippen LogP contribution in [0.15, 0.2) is 158 Å². The smallest absolute Gasteiger partial charge is 0.148 e. The van der Waals surface area contributed by atoms with Gasteiger partial charge < -0.3 is 5.11 Å². The van der Waals surface area contributed by atoms with Gasteiger partial charge in [-0.15, -0.1) is 29.8 Å². The predicted molar refractivity (Wildman–Crippen MR) is 296 cm³/mol. The zero-order valence-electron chi connectivity index (χ0n) is 60.0. The number of phenolic OH excluding ortho intramolecular Hbond substituents is 1. The van der Waals surface area contributed by atoms with E-state index in [9.17, 15) is 7.85 Å². The van der Waals surface area contributed by atoms with Gasteiger partial charge >= 0.3 is 0 Å². The Morgan fingerprint density at radius 1 is 0.600 bits per heavy atom. The van der Waals surface area contributed by atoms with Crippen molar-refractivity contribution in [1.29, 1.82) is 0 Å². The van der Waals surface area contributed by atoms with Crippen LogP contribution < -0.4 is 5.19 Å². The van der Waals surface area contributed by atoms with Gasteiger partial charge in [-0.3, -0.25) is 9.55 Å². The molecule has 6 heteroatoms. The number of aromatic nitrogens is 3. The summed E-state index contributed by atoms with van der Waals surface area (Å²) in [6, 6.07) is 43.1. The van der Waals surface area contributed by atoms with E-state index in [1.807, 2.05) is 51.1 Å². The van der Waals surface area contributed by atoms with Crippen molar-refractivity contribution in [3.8, 4) is 78.6 Å². The van der Waals surface area contributed by atoms with E-state index in [2.05, 4.69) is 63.0 Å². The van der Waals surface area contributed by atoms with E-state index < -0.39 is 106 Å². The molecule has 0 spiro atoms. The summed E-state index contributed by atoms with van der Waals surface area (Å²) in [5, 5.41) is 14.5. The van der Waals surface area contributed by atoms with Crippen molar-refractivity contribution < 1.29 is 53.6 Å². The van der Waals surface area contributed by atoms with Crippen LogP contribution in [0.1, 0.15) is 112 Å². The molecule has 2 aromatic heterocycles. The van der Waals surface area contributed by atoms with Gasteiger partial charge in [0.15, 0.2) is 0 Å². The summed E-state index contributed by atoms with van der Waals surface area (Å²) in [6.45, 7) is -10.9. The Balaban J connectivity index is 0.0000105. The van der Waals surface area contributed by atoms with E-state index >= 15 is 0 Å². The Kier molecular flexibility index (Phi) is 8.25. The van der Waals surface area contributed by atoms with Gasteiger partial charge in [0.25, 0.3) is 0 Å². The number of aryl methyl sites for hydroxylation is 1. The molecule has 4 nitrogen and oxygen atoms in total. The molecular formula is C64H66N3OPtSi-. The number of hydrogen-bond donors (Lipinski definition) is 1. The number of benzene rings is 7. The van der Waals surface area contributed by atoms with Gasteiger partial charge in [-0.05, 0) is 98.0 Å². The van der Waals surface area contributed by atoms with Crippen LogP contribution in [-0.2, 0) is 37.3 Å². The fraction of sp³-hybridized carbons (Fsp3) is 0.250. The predicted octanol–water partition coefficient (Wildman–Crippen LogP) is 16.7. The molecule has 0 radical (unpaired) electrons. The molecule has 7 aromatic carbocycles. The Bertz CT molecular complexity index is 4040. The number of nitrogens with zero attached hydrogens (tertiary/aromatic N) is 3. The van der Waals surface area contributed by atoms with Crippen LogP contribution in [0.5, 0.6) is 5.75 Å². The average Bonchev–Trinajstić information content (AvgIpc) is 0.797. The minimum absolute atomic E-state index is 0. The molecule has 70 heavy (non-hydrogen) atoms. The van der Waals surface area contributed by atoms with Gasteiger partial charge in [-0.1, -0.05) is 201 Å². The van der Waals surface area contributed by atoms with E-state index in [0.29, 0.717) is 33.5 Å². The maximum absolute atomic E-state index is 13.1. The molecule has 0 saturated heterocycles. The van der Waals surface area contributed by atoms with E-state index in [-0.39, 0.29) is 37.8 Å². The minimum atomic E-state index is -4.43. The minimum Gasteiger partial charge on any atom is -0.507 e. The summed E-state index contributed by atoms with van der Waals surface area (Å²) in [4.78, 5) is 9.79. The third kappa shape index (κ3) is 9.94. The van der Waals surface area contributed by atoms with E-state index in [1.54, 1.807) is 85.1 Å². The number of para-hydroxylation sites is 1. The van der Waals surface area contributed by atoms with Gasteiger partial charge in [0.1, 0.15) is 11.6 Å². The monoisotopic (exact) mass is 1140 g/mol. The normalized spacial score (nSPS) is 17.6. The molecule has 0 bridgehead atoms. The summed E-state index contributed by atoms with van der Waals surface area (Å²) in [7, 11) is -1.53. The van der Waals surface area contributed by atoms with E-state index in [4.69, 9.17) is 34.6 Å². The van der Waals surface area contributed by atoms with Gasteiger partial charge in [0.05, 0.1) is 33.1 Å². The third-order valence-corrected chi connectivity index (χ3v) is 14.6. The number of aromatic hydroxyl groups is 1. The third-order valence-electron chi connectivity index (χ3n) is 12.6. The molecule has 0 atom stereocenters. The molecule has 1 N–H and O–H groups in total. The molecule has 0 unspecified atom stereocenters. The number of imidazole rings is 1. The maximum Gasteiger partial charge on any atom is 0.148 e. The first-order valence-electron chi connectivity index (χ1n) is 32.7. The number of hydrogen-bond acceptors (Lipinski definition) is 3. The van der Waals surface area contributed by atoms with E-state index in [1.165, 1.54) is 15.3 Å². The SMILES string of the molecule is [2H]c1c(-c2nc3c(-c4[c-]c(-c5cc(-c6ccc(-c7ccc([Si](C)(C)C)cc7C)cc6)ccn5)ccc4)cccc3n2-c2ccc(C(C)(C)C)cc2-c2ccccc2)c(O)c(C(C([2H])([2H])[2H])(C([2H])([2H])[2H])C([2H])([2H])[2H])c([2H])c1C(C([2H])([2H])[2H])(C([2H])([2H])[2H])C([2H])([2H])[2H].[Pt]. The number of fused-ring (bicyclic) bond motifs is 1. The maximum atomic E-state index is 13.1. The summed E-state index contributed by atoms with van der Waals surface area (Å²) < 4.78 is 180. The van der Waals surface area contributed by atoms with Crippen LogP contribution >= 0.6 is 0 Å². The summed E-state index contributed by atoms with van der Waals surface area (Å²) in [5.74, 6) is -2.37. The second kappa shape index (κ2) is 18.9.